The number of amides is 2. The van der Waals surface area contributed by atoms with E-state index >= 15 is 0 Å². The van der Waals surface area contributed by atoms with Gasteiger partial charge in [0.1, 0.15) is 5.76 Å². The van der Waals surface area contributed by atoms with Crippen molar-refractivity contribution in [2.45, 2.75) is 32.2 Å². The summed E-state index contributed by atoms with van der Waals surface area (Å²) in [4.78, 5) is 29.4. The van der Waals surface area contributed by atoms with Crippen LogP contribution in [0.25, 0.3) is 0 Å². The third-order valence-corrected chi connectivity index (χ3v) is 6.16. The van der Waals surface area contributed by atoms with Crippen LogP contribution in [0.5, 0.6) is 0 Å². The molecule has 6 nitrogen and oxygen atoms in total. The lowest BCUT2D eigenvalue weighted by molar-refractivity contribution is -0.126. The highest BCUT2D eigenvalue weighted by Crippen LogP contribution is 2.28. The highest BCUT2D eigenvalue weighted by Gasteiger charge is 2.36. The molecule has 1 aromatic heterocycles. The fourth-order valence-corrected chi connectivity index (χ4v) is 4.31. The van der Waals surface area contributed by atoms with Crippen LogP contribution in [0, 0.1) is 11.8 Å². The Balaban J connectivity index is 1.38. The zero-order valence-electron chi connectivity index (χ0n) is 16.9. The predicted octanol–water partition coefficient (Wildman–Crippen LogP) is 3.22. The van der Waals surface area contributed by atoms with Gasteiger partial charge in [0.15, 0.2) is 0 Å². The molecular weight excluding hydrogens is 366 g/mol. The smallest absolute Gasteiger partial charge is 0.227 e. The molecule has 1 N–H and O–H groups in total. The number of piperidine rings is 1. The summed E-state index contributed by atoms with van der Waals surface area (Å²) in [5.41, 5.74) is 0.851. The molecule has 29 heavy (non-hydrogen) atoms. The van der Waals surface area contributed by atoms with Crippen molar-refractivity contribution >= 4 is 17.5 Å². The van der Waals surface area contributed by atoms with Gasteiger partial charge in [-0.25, -0.2) is 0 Å². The van der Waals surface area contributed by atoms with Gasteiger partial charge in [0.25, 0.3) is 0 Å². The second-order valence-electron chi connectivity index (χ2n) is 8.24. The van der Waals surface area contributed by atoms with Crippen molar-refractivity contribution in [1.82, 2.24) is 10.2 Å². The maximum absolute atomic E-state index is 12.8. The maximum Gasteiger partial charge on any atom is 0.227 e. The molecule has 0 spiro atoms. The van der Waals surface area contributed by atoms with Crippen LogP contribution in [0.1, 0.15) is 38.0 Å². The van der Waals surface area contributed by atoms with Crippen LogP contribution in [0.4, 0.5) is 5.69 Å². The van der Waals surface area contributed by atoms with Crippen LogP contribution in [-0.4, -0.2) is 42.9 Å². The van der Waals surface area contributed by atoms with Crippen LogP contribution in [0.15, 0.2) is 53.1 Å². The molecule has 0 saturated carbocycles. The summed E-state index contributed by atoms with van der Waals surface area (Å²) in [6.07, 6.45) is 4.26. The monoisotopic (exact) mass is 395 g/mol. The number of carbonyl (C=O) groups excluding carboxylic acids is 2. The molecule has 0 bridgehead atoms. The maximum atomic E-state index is 12.8. The van der Waals surface area contributed by atoms with Crippen molar-refractivity contribution in [3.8, 4) is 0 Å². The van der Waals surface area contributed by atoms with Crippen molar-refractivity contribution in [3.05, 3.63) is 54.5 Å². The Morgan fingerprint density at radius 1 is 1.17 bits per heavy atom. The van der Waals surface area contributed by atoms with Gasteiger partial charge in [-0.2, -0.15) is 0 Å². The fraction of sp³-hybridized carbons (Fsp3) is 0.478. The molecule has 2 aromatic rings. The zero-order valence-corrected chi connectivity index (χ0v) is 16.9. The number of carbonyl (C=O) groups is 2. The number of hydrogen-bond acceptors (Lipinski definition) is 4. The second-order valence-corrected chi connectivity index (χ2v) is 8.24. The minimum absolute atomic E-state index is 0.00366. The largest absolute Gasteiger partial charge is 0.468 e. The summed E-state index contributed by atoms with van der Waals surface area (Å²) in [5.74, 6) is 1.25. The van der Waals surface area contributed by atoms with Crippen molar-refractivity contribution in [2.24, 2.45) is 11.8 Å². The number of nitrogens with zero attached hydrogens (tertiary/aromatic N) is 2. The van der Waals surface area contributed by atoms with E-state index in [1.165, 1.54) is 0 Å². The summed E-state index contributed by atoms with van der Waals surface area (Å²) >= 11 is 0. The van der Waals surface area contributed by atoms with Gasteiger partial charge >= 0.3 is 0 Å². The molecule has 6 heteroatoms. The molecule has 2 saturated heterocycles. The highest BCUT2D eigenvalue weighted by atomic mass is 16.3. The molecule has 1 aromatic carbocycles. The van der Waals surface area contributed by atoms with E-state index in [4.69, 9.17) is 4.42 Å². The lowest BCUT2D eigenvalue weighted by Gasteiger charge is -2.36. The number of anilines is 1. The van der Waals surface area contributed by atoms with Gasteiger partial charge in [-0.3, -0.25) is 14.5 Å². The first-order valence-electron chi connectivity index (χ1n) is 10.5. The van der Waals surface area contributed by atoms with E-state index in [0.29, 0.717) is 13.1 Å². The Hall–Kier alpha value is -2.60. The summed E-state index contributed by atoms with van der Waals surface area (Å²) in [5, 5.41) is 3.09. The lowest BCUT2D eigenvalue weighted by Crippen LogP contribution is -2.43. The van der Waals surface area contributed by atoms with E-state index in [2.05, 4.69) is 17.1 Å². The molecule has 154 valence electrons. The molecule has 3 heterocycles. The van der Waals surface area contributed by atoms with Crippen molar-refractivity contribution in [3.63, 3.8) is 0 Å². The molecule has 0 aliphatic carbocycles. The van der Waals surface area contributed by atoms with E-state index in [-0.39, 0.29) is 30.2 Å². The molecule has 2 fully saturated rings. The molecule has 2 unspecified atom stereocenters. The molecule has 2 aliphatic heterocycles. The number of likely N-dealkylation sites (tertiary alicyclic amines) is 1. The van der Waals surface area contributed by atoms with Crippen molar-refractivity contribution in [1.29, 1.82) is 0 Å². The van der Waals surface area contributed by atoms with Crippen LogP contribution in [0.3, 0.4) is 0 Å². The Labute approximate surface area is 171 Å². The number of furan rings is 1. The standard InChI is InChI=1S/C23H29N3O3/c1-17-9-11-25(12-10-17)20(21-8-5-13-29-21)15-24-23(28)18-14-22(27)26(16-18)19-6-3-2-4-7-19/h2-8,13,17-18,20H,9-12,14-16H2,1H3,(H,24,28). The van der Waals surface area contributed by atoms with Gasteiger partial charge in [-0.15, -0.1) is 0 Å². The zero-order chi connectivity index (χ0) is 20.2. The van der Waals surface area contributed by atoms with E-state index in [1.54, 1.807) is 11.2 Å². The van der Waals surface area contributed by atoms with E-state index in [1.807, 2.05) is 42.5 Å². The first-order valence-corrected chi connectivity index (χ1v) is 10.5. The van der Waals surface area contributed by atoms with Gasteiger partial charge in [-0.1, -0.05) is 25.1 Å². The molecule has 2 amide bonds. The SMILES string of the molecule is CC1CCN(C(CNC(=O)C2CC(=O)N(c3ccccc3)C2)c2ccco2)CC1. The molecule has 0 radical (unpaired) electrons. The van der Waals surface area contributed by atoms with Crippen LogP contribution in [0.2, 0.25) is 0 Å². The van der Waals surface area contributed by atoms with E-state index in [9.17, 15) is 9.59 Å². The summed E-state index contributed by atoms with van der Waals surface area (Å²) in [7, 11) is 0. The quantitative estimate of drug-likeness (QED) is 0.816. The minimum atomic E-state index is -0.318. The average molecular weight is 396 g/mol. The first-order chi connectivity index (χ1) is 14.1. The van der Waals surface area contributed by atoms with Gasteiger partial charge in [-0.05, 0) is 56.1 Å². The normalized spacial score (nSPS) is 22.0. The predicted molar refractivity (Wildman–Crippen MR) is 111 cm³/mol. The molecule has 2 atom stereocenters. The van der Waals surface area contributed by atoms with Gasteiger partial charge in [0.05, 0.1) is 18.2 Å². The highest BCUT2D eigenvalue weighted by molar-refractivity contribution is 6.00. The number of para-hydroxylation sites is 1. The first kappa shape index (κ1) is 19.7. The fourth-order valence-electron chi connectivity index (χ4n) is 4.31. The molecular formula is C23H29N3O3. The summed E-state index contributed by atoms with van der Waals surface area (Å²) in [6, 6.07) is 13.4. The minimum Gasteiger partial charge on any atom is -0.468 e. The number of benzene rings is 1. The summed E-state index contributed by atoms with van der Waals surface area (Å²) in [6.45, 7) is 5.23. The van der Waals surface area contributed by atoms with E-state index < -0.39 is 0 Å². The Kier molecular flexibility index (Phi) is 6.00. The number of rotatable bonds is 6. The molecule has 2 aliphatic rings. The van der Waals surface area contributed by atoms with Crippen LogP contribution < -0.4 is 10.2 Å². The Morgan fingerprint density at radius 2 is 1.93 bits per heavy atom. The van der Waals surface area contributed by atoms with Gasteiger partial charge in [0, 0.05) is 25.2 Å². The Morgan fingerprint density at radius 3 is 2.62 bits per heavy atom. The third kappa shape index (κ3) is 4.53. The lowest BCUT2D eigenvalue weighted by atomic mass is 9.97. The van der Waals surface area contributed by atoms with Gasteiger partial charge < -0.3 is 14.6 Å². The average Bonchev–Trinajstić information content (AvgIpc) is 3.40. The third-order valence-electron chi connectivity index (χ3n) is 6.16. The molecule has 4 rings (SSSR count). The topological polar surface area (TPSA) is 65.8 Å². The van der Waals surface area contributed by atoms with Crippen molar-refractivity contribution in [2.75, 3.05) is 31.1 Å². The van der Waals surface area contributed by atoms with Crippen molar-refractivity contribution < 1.29 is 14.0 Å². The number of hydrogen-bond donors (Lipinski definition) is 1. The van der Waals surface area contributed by atoms with Crippen LogP contribution in [-0.2, 0) is 9.59 Å². The van der Waals surface area contributed by atoms with Gasteiger partial charge in [0.2, 0.25) is 11.8 Å². The van der Waals surface area contributed by atoms with Crippen LogP contribution >= 0.6 is 0 Å². The van der Waals surface area contributed by atoms with E-state index in [0.717, 1.165) is 43.3 Å². The number of nitrogens with one attached hydrogen (secondary N) is 1. The second kappa shape index (κ2) is 8.82. The summed E-state index contributed by atoms with van der Waals surface area (Å²) < 4.78 is 5.67. The Bertz CT molecular complexity index is 813.